The van der Waals surface area contributed by atoms with Crippen molar-refractivity contribution in [1.82, 2.24) is 4.98 Å². The van der Waals surface area contributed by atoms with Crippen molar-refractivity contribution in [3.63, 3.8) is 0 Å². The summed E-state index contributed by atoms with van der Waals surface area (Å²) in [6, 6.07) is 9.42. The first kappa shape index (κ1) is 12.8. The largest absolute Gasteiger partial charge is 0.327 e. The average molecular weight is 265 g/mol. The Bertz CT molecular complexity index is 540. The standard InChI is InChI=1S/C14H14ClFN2/c1-10-3-5-12(6-4-10)18(2)14-13(16)11(9-15)7-8-17-14/h3-8H,9H2,1-2H3. The fourth-order valence-corrected chi connectivity index (χ4v) is 1.91. The lowest BCUT2D eigenvalue weighted by Crippen LogP contribution is -2.13. The van der Waals surface area contributed by atoms with Crippen LogP contribution in [0.1, 0.15) is 11.1 Å². The first-order valence-corrected chi connectivity index (χ1v) is 6.16. The number of nitrogens with zero attached hydrogens (tertiary/aromatic N) is 2. The van der Waals surface area contributed by atoms with Gasteiger partial charge in [0.2, 0.25) is 0 Å². The Morgan fingerprint density at radius 2 is 1.89 bits per heavy atom. The van der Waals surface area contributed by atoms with Gasteiger partial charge in [0.1, 0.15) is 0 Å². The summed E-state index contributed by atoms with van der Waals surface area (Å²) in [5, 5.41) is 0. The molecule has 1 aromatic heterocycles. The number of hydrogen-bond donors (Lipinski definition) is 0. The maximum Gasteiger partial charge on any atom is 0.170 e. The lowest BCUT2D eigenvalue weighted by atomic mass is 10.2. The molecule has 2 aromatic rings. The molecule has 0 saturated carbocycles. The van der Waals surface area contributed by atoms with Crippen LogP contribution in [0.2, 0.25) is 0 Å². The molecular formula is C14H14ClFN2. The molecule has 0 radical (unpaired) electrons. The maximum atomic E-state index is 14.1. The van der Waals surface area contributed by atoms with Gasteiger partial charge in [-0.3, -0.25) is 0 Å². The summed E-state index contributed by atoms with van der Waals surface area (Å²) >= 11 is 5.69. The first-order chi connectivity index (χ1) is 8.63. The minimum absolute atomic E-state index is 0.142. The highest BCUT2D eigenvalue weighted by molar-refractivity contribution is 6.17. The number of pyridine rings is 1. The summed E-state index contributed by atoms with van der Waals surface area (Å²) in [5.41, 5.74) is 2.51. The van der Waals surface area contributed by atoms with Crippen LogP contribution < -0.4 is 4.90 Å². The molecule has 94 valence electrons. The molecule has 0 aliphatic rings. The molecular weight excluding hydrogens is 251 g/mol. The summed E-state index contributed by atoms with van der Waals surface area (Å²) < 4.78 is 14.1. The molecule has 0 aliphatic carbocycles. The second-order valence-electron chi connectivity index (χ2n) is 4.14. The van der Waals surface area contributed by atoms with Crippen LogP contribution in [0.25, 0.3) is 0 Å². The first-order valence-electron chi connectivity index (χ1n) is 5.63. The third kappa shape index (κ3) is 2.46. The fraction of sp³-hybridized carbons (Fsp3) is 0.214. The number of alkyl halides is 1. The molecule has 0 amide bonds. The molecule has 2 nitrogen and oxygen atoms in total. The molecule has 4 heteroatoms. The monoisotopic (exact) mass is 264 g/mol. The third-order valence-electron chi connectivity index (χ3n) is 2.83. The average Bonchev–Trinajstić information content (AvgIpc) is 2.39. The van der Waals surface area contributed by atoms with Crippen molar-refractivity contribution in [3.8, 4) is 0 Å². The lowest BCUT2D eigenvalue weighted by molar-refractivity contribution is 0.610. The van der Waals surface area contributed by atoms with Gasteiger partial charge in [-0.2, -0.15) is 0 Å². The Morgan fingerprint density at radius 3 is 2.50 bits per heavy atom. The van der Waals surface area contributed by atoms with Crippen molar-refractivity contribution in [2.45, 2.75) is 12.8 Å². The summed E-state index contributed by atoms with van der Waals surface area (Å²) in [7, 11) is 1.79. The number of hydrogen-bond acceptors (Lipinski definition) is 2. The van der Waals surface area contributed by atoms with Crippen LogP contribution in [0.5, 0.6) is 0 Å². The molecule has 0 bridgehead atoms. The van der Waals surface area contributed by atoms with E-state index in [1.165, 1.54) is 0 Å². The molecule has 0 N–H and O–H groups in total. The predicted octanol–water partition coefficient (Wildman–Crippen LogP) is 4.04. The highest BCUT2D eigenvalue weighted by atomic mass is 35.5. The molecule has 0 spiro atoms. The van der Waals surface area contributed by atoms with Gasteiger partial charge in [0.15, 0.2) is 11.6 Å². The van der Waals surface area contributed by atoms with Gasteiger partial charge in [0.05, 0.1) is 5.88 Å². The van der Waals surface area contributed by atoms with E-state index in [1.54, 1.807) is 24.2 Å². The van der Waals surface area contributed by atoms with E-state index in [0.717, 1.165) is 11.3 Å². The van der Waals surface area contributed by atoms with E-state index in [-0.39, 0.29) is 17.5 Å². The topological polar surface area (TPSA) is 16.1 Å². The predicted molar refractivity (Wildman–Crippen MR) is 73.0 cm³/mol. The van der Waals surface area contributed by atoms with Gasteiger partial charge < -0.3 is 4.90 Å². The van der Waals surface area contributed by atoms with E-state index >= 15 is 0 Å². The Hall–Kier alpha value is -1.61. The zero-order valence-electron chi connectivity index (χ0n) is 10.3. The van der Waals surface area contributed by atoms with Crippen LogP contribution in [0, 0.1) is 12.7 Å². The van der Waals surface area contributed by atoms with Gasteiger partial charge in [-0.05, 0) is 25.1 Å². The Kier molecular flexibility index (Phi) is 3.82. The van der Waals surface area contributed by atoms with Gasteiger partial charge in [0, 0.05) is 24.5 Å². The molecule has 0 fully saturated rings. The van der Waals surface area contributed by atoms with Crippen LogP contribution in [0.15, 0.2) is 36.5 Å². The van der Waals surface area contributed by atoms with Crippen molar-refractivity contribution >= 4 is 23.1 Å². The van der Waals surface area contributed by atoms with Gasteiger partial charge in [-0.25, -0.2) is 9.37 Å². The van der Waals surface area contributed by atoms with Crippen LogP contribution in [0.4, 0.5) is 15.9 Å². The SMILES string of the molecule is Cc1ccc(N(C)c2nccc(CCl)c2F)cc1. The second-order valence-corrected chi connectivity index (χ2v) is 4.40. The quantitative estimate of drug-likeness (QED) is 0.778. The highest BCUT2D eigenvalue weighted by Gasteiger charge is 2.13. The summed E-state index contributed by atoms with van der Waals surface area (Å²) in [6.07, 6.45) is 1.57. The Balaban J connectivity index is 2.39. The molecule has 18 heavy (non-hydrogen) atoms. The molecule has 2 rings (SSSR count). The molecule has 0 unspecified atom stereocenters. The fourth-order valence-electron chi connectivity index (χ4n) is 1.70. The van der Waals surface area contributed by atoms with Crippen LogP contribution in [-0.4, -0.2) is 12.0 Å². The van der Waals surface area contributed by atoms with Crippen molar-refractivity contribution in [2.75, 3.05) is 11.9 Å². The van der Waals surface area contributed by atoms with Crippen molar-refractivity contribution in [2.24, 2.45) is 0 Å². The molecule has 0 atom stereocenters. The van der Waals surface area contributed by atoms with Crippen molar-refractivity contribution in [1.29, 1.82) is 0 Å². The van der Waals surface area contributed by atoms with Gasteiger partial charge >= 0.3 is 0 Å². The van der Waals surface area contributed by atoms with E-state index in [4.69, 9.17) is 11.6 Å². The minimum atomic E-state index is -0.365. The van der Waals surface area contributed by atoms with E-state index in [1.807, 2.05) is 31.2 Å². The van der Waals surface area contributed by atoms with Gasteiger partial charge in [0.25, 0.3) is 0 Å². The summed E-state index contributed by atoms with van der Waals surface area (Å²) in [4.78, 5) is 5.79. The molecule has 1 aromatic carbocycles. The summed E-state index contributed by atoms with van der Waals surface area (Å²) in [5.74, 6) is 0.0656. The highest BCUT2D eigenvalue weighted by Crippen LogP contribution is 2.26. The van der Waals surface area contributed by atoms with E-state index in [2.05, 4.69) is 4.98 Å². The zero-order valence-corrected chi connectivity index (χ0v) is 11.1. The van der Waals surface area contributed by atoms with Gasteiger partial charge in [-0.1, -0.05) is 17.7 Å². The normalized spacial score (nSPS) is 10.4. The van der Waals surface area contributed by atoms with E-state index < -0.39 is 0 Å². The number of rotatable bonds is 3. The molecule has 1 heterocycles. The molecule has 0 aliphatic heterocycles. The van der Waals surface area contributed by atoms with Crippen molar-refractivity contribution < 1.29 is 4.39 Å². The van der Waals surface area contributed by atoms with Crippen LogP contribution in [0.3, 0.4) is 0 Å². The zero-order chi connectivity index (χ0) is 13.1. The summed E-state index contributed by atoms with van der Waals surface area (Å²) in [6.45, 7) is 2.01. The Morgan fingerprint density at radius 1 is 1.22 bits per heavy atom. The maximum absolute atomic E-state index is 14.1. The minimum Gasteiger partial charge on any atom is -0.327 e. The number of halogens is 2. The number of benzene rings is 1. The smallest absolute Gasteiger partial charge is 0.170 e. The number of anilines is 2. The Labute approximate surface area is 111 Å². The number of aromatic nitrogens is 1. The number of aryl methyl sites for hydroxylation is 1. The van der Waals surface area contributed by atoms with Crippen molar-refractivity contribution in [3.05, 3.63) is 53.5 Å². The van der Waals surface area contributed by atoms with Gasteiger partial charge in [-0.15, -0.1) is 11.6 Å². The molecule has 0 saturated heterocycles. The second kappa shape index (κ2) is 5.36. The van der Waals surface area contributed by atoms with E-state index in [0.29, 0.717) is 5.56 Å². The van der Waals surface area contributed by atoms with Crippen LogP contribution in [-0.2, 0) is 5.88 Å². The third-order valence-corrected chi connectivity index (χ3v) is 3.12. The van der Waals surface area contributed by atoms with Crippen LogP contribution >= 0.6 is 11.6 Å². The lowest BCUT2D eigenvalue weighted by Gasteiger charge is -2.19. The van der Waals surface area contributed by atoms with E-state index in [9.17, 15) is 4.39 Å².